The molecule has 4 rings (SSSR count). The SMILES string of the molecule is N#C[C@@]12C3([NH+]=C(N)[C@]1(C#N)C21CCCCCC1)OCCO3. The van der Waals surface area contributed by atoms with Gasteiger partial charge in [-0.1, -0.05) is 25.7 Å². The van der Waals surface area contributed by atoms with E-state index in [4.69, 9.17) is 15.2 Å². The lowest BCUT2D eigenvalue weighted by molar-refractivity contribution is -0.678. The minimum atomic E-state index is -1.23. The summed E-state index contributed by atoms with van der Waals surface area (Å²) in [4.78, 5) is 3.01. The van der Waals surface area contributed by atoms with Crippen molar-refractivity contribution in [1.29, 1.82) is 10.5 Å². The Morgan fingerprint density at radius 3 is 2.14 bits per heavy atom. The Kier molecular flexibility index (Phi) is 2.34. The van der Waals surface area contributed by atoms with Crippen LogP contribution < -0.4 is 10.7 Å². The molecule has 6 nitrogen and oxygen atoms in total. The quantitative estimate of drug-likeness (QED) is 0.625. The van der Waals surface area contributed by atoms with Crippen LogP contribution in [0.3, 0.4) is 0 Å². The van der Waals surface area contributed by atoms with Crippen molar-refractivity contribution in [3.8, 4) is 12.1 Å². The molecule has 2 spiro atoms. The number of nitrogens with two attached hydrogens (primary N) is 1. The largest absolute Gasteiger partial charge is 0.343 e. The molecule has 2 aliphatic carbocycles. The summed E-state index contributed by atoms with van der Waals surface area (Å²) in [6.45, 7) is 0.836. The summed E-state index contributed by atoms with van der Waals surface area (Å²) in [6, 6.07) is 4.81. The number of hydrogen-bond donors (Lipinski definition) is 2. The minimum Gasteiger partial charge on any atom is -0.311 e. The van der Waals surface area contributed by atoms with Gasteiger partial charge in [0.1, 0.15) is 0 Å². The highest BCUT2D eigenvalue weighted by molar-refractivity contribution is 5.95. The average molecular weight is 287 g/mol. The van der Waals surface area contributed by atoms with Crippen LogP contribution >= 0.6 is 0 Å². The zero-order valence-electron chi connectivity index (χ0n) is 11.9. The molecule has 3 N–H and O–H groups in total. The van der Waals surface area contributed by atoms with Crippen molar-refractivity contribution >= 4 is 5.84 Å². The first-order valence-corrected chi connectivity index (χ1v) is 7.68. The van der Waals surface area contributed by atoms with Gasteiger partial charge in [0.15, 0.2) is 10.8 Å². The van der Waals surface area contributed by atoms with E-state index in [1.54, 1.807) is 0 Å². The molecule has 2 saturated carbocycles. The van der Waals surface area contributed by atoms with E-state index < -0.39 is 22.2 Å². The van der Waals surface area contributed by atoms with Gasteiger partial charge in [-0.25, -0.2) is 4.99 Å². The van der Waals surface area contributed by atoms with Crippen LogP contribution in [0.2, 0.25) is 0 Å². The molecular weight excluding hydrogens is 268 g/mol. The Morgan fingerprint density at radius 2 is 1.62 bits per heavy atom. The van der Waals surface area contributed by atoms with E-state index in [1.807, 2.05) is 0 Å². The molecule has 3 fully saturated rings. The van der Waals surface area contributed by atoms with Crippen molar-refractivity contribution in [3.63, 3.8) is 0 Å². The maximum atomic E-state index is 10.0. The Morgan fingerprint density at radius 1 is 1.00 bits per heavy atom. The van der Waals surface area contributed by atoms with Crippen LogP contribution in [0.25, 0.3) is 0 Å². The zero-order valence-corrected chi connectivity index (χ0v) is 11.9. The van der Waals surface area contributed by atoms with Gasteiger partial charge in [0.25, 0.3) is 5.84 Å². The number of fused-ring (bicyclic) bond motifs is 4. The molecule has 2 heterocycles. The van der Waals surface area contributed by atoms with E-state index in [0.29, 0.717) is 19.0 Å². The van der Waals surface area contributed by atoms with Gasteiger partial charge in [-0.2, -0.15) is 10.5 Å². The fourth-order valence-corrected chi connectivity index (χ4v) is 5.38. The van der Waals surface area contributed by atoms with Crippen LogP contribution in [0.5, 0.6) is 0 Å². The molecule has 0 aromatic rings. The fourth-order valence-electron chi connectivity index (χ4n) is 5.38. The Labute approximate surface area is 123 Å². The Hall–Kier alpha value is -1.63. The van der Waals surface area contributed by atoms with E-state index in [0.717, 1.165) is 38.5 Å². The van der Waals surface area contributed by atoms with Gasteiger partial charge < -0.3 is 9.47 Å². The molecule has 4 aliphatic rings. The van der Waals surface area contributed by atoms with Gasteiger partial charge in [-0.05, 0) is 12.8 Å². The van der Waals surface area contributed by atoms with Gasteiger partial charge in [0.05, 0.1) is 25.4 Å². The highest BCUT2D eigenvalue weighted by Gasteiger charge is 3.03. The number of rotatable bonds is 0. The minimum absolute atomic E-state index is 0.357. The lowest BCUT2D eigenvalue weighted by atomic mass is 9.83. The summed E-state index contributed by atoms with van der Waals surface area (Å²) in [6.07, 6.45) is 6.02. The third-order valence-electron chi connectivity index (χ3n) is 6.12. The van der Waals surface area contributed by atoms with Gasteiger partial charge in [-0.15, -0.1) is 0 Å². The topological polar surface area (TPSA) is 106 Å². The van der Waals surface area contributed by atoms with Crippen LogP contribution in [-0.4, -0.2) is 25.0 Å². The molecule has 0 amide bonds. The third kappa shape index (κ3) is 1.02. The lowest BCUT2D eigenvalue weighted by Gasteiger charge is -2.28. The second-order valence-corrected chi connectivity index (χ2v) is 6.57. The summed E-state index contributed by atoms with van der Waals surface area (Å²) in [5.41, 5.74) is 3.77. The maximum Gasteiger partial charge on any atom is 0.343 e. The average Bonchev–Trinajstić information content (AvgIpc) is 2.72. The lowest BCUT2D eigenvalue weighted by Crippen LogP contribution is -2.90. The van der Waals surface area contributed by atoms with Crippen molar-refractivity contribution in [1.82, 2.24) is 0 Å². The molecule has 6 heteroatoms. The van der Waals surface area contributed by atoms with Crippen LogP contribution in [0.4, 0.5) is 0 Å². The van der Waals surface area contributed by atoms with Gasteiger partial charge in [-0.3, -0.25) is 5.73 Å². The summed E-state index contributed by atoms with van der Waals surface area (Å²) >= 11 is 0. The van der Waals surface area contributed by atoms with Crippen LogP contribution in [0, 0.1) is 38.9 Å². The van der Waals surface area contributed by atoms with Gasteiger partial charge in [0.2, 0.25) is 0 Å². The number of amidine groups is 1. The maximum absolute atomic E-state index is 10.0. The van der Waals surface area contributed by atoms with Crippen molar-refractivity contribution in [2.45, 2.75) is 44.4 Å². The summed E-state index contributed by atoms with van der Waals surface area (Å²) in [5, 5.41) is 20.0. The Bertz CT molecular complexity index is 602. The summed E-state index contributed by atoms with van der Waals surface area (Å²) in [5.74, 6) is -0.873. The van der Waals surface area contributed by atoms with Crippen LogP contribution in [-0.2, 0) is 9.47 Å². The summed E-state index contributed by atoms with van der Waals surface area (Å²) < 4.78 is 11.6. The van der Waals surface area contributed by atoms with E-state index >= 15 is 0 Å². The van der Waals surface area contributed by atoms with Crippen molar-refractivity contribution in [2.75, 3.05) is 13.2 Å². The molecule has 0 unspecified atom stereocenters. The smallest absolute Gasteiger partial charge is 0.311 e. The molecular formula is C15H19N4O2+. The zero-order chi connectivity index (χ0) is 14.8. The standard InChI is InChI=1S/C15H18N4O2/c16-9-13-11(18)19-15(20-7-8-21-15)14(13,10-17)12(13)5-3-1-2-4-6-12/h1-8H2,(H2,18,19)/p+1/t13-,14+/m1/s1. The first-order valence-electron chi connectivity index (χ1n) is 7.68. The van der Waals surface area contributed by atoms with Gasteiger partial charge in [0, 0.05) is 5.41 Å². The van der Waals surface area contributed by atoms with Crippen molar-refractivity contribution in [2.24, 2.45) is 22.0 Å². The molecule has 0 radical (unpaired) electrons. The molecule has 1 saturated heterocycles. The van der Waals surface area contributed by atoms with E-state index in [-0.39, 0.29) is 0 Å². The fraction of sp³-hybridized carbons (Fsp3) is 0.800. The highest BCUT2D eigenvalue weighted by Crippen LogP contribution is 2.86. The predicted octanol–water partition coefficient (Wildman–Crippen LogP) is -0.487. The number of ether oxygens (including phenoxy) is 2. The highest BCUT2D eigenvalue weighted by atomic mass is 16.8. The molecule has 2 atom stereocenters. The van der Waals surface area contributed by atoms with Crippen LogP contribution in [0.15, 0.2) is 0 Å². The number of nitrogens with one attached hydrogen (secondary N) is 1. The first-order chi connectivity index (χ1) is 10.2. The van der Waals surface area contributed by atoms with Crippen molar-refractivity contribution in [3.05, 3.63) is 0 Å². The monoisotopic (exact) mass is 287 g/mol. The van der Waals surface area contributed by atoms with E-state index in [2.05, 4.69) is 17.1 Å². The van der Waals surface area contributed by atoms with E-state index in [9.17, 15) is 10.5 Å². The second-order valence-electron chi connectivity index (χ2n) is 6.57. The summed E-state index contributed by atoms with van der Waals surface area (Å²) in [7, 11) is 0. The number of nitriles is 2. The van der Waals surface area contributed by atoms with Crippen molar-refractivity contribution < 1.29 is 14.5 Å². The van der Waals surface area contributed by atoms with Gasteiger partial charge >= 0.3 is 5.91 Å². The molecule has 0 aromatic carbocycles. The second kappa shape index (κ2) is 3.76. The predicted molar refractivity (Wildman–Crippen MR) is 71.0 cm³/mol. The number of hydrogen-bond acceptors (Lipinski definition) is 5. The first kappa shape index (κ1) is 13.1. The van der Waals surface area contributed by atoms with Crippen LogP contribution in [0.1, 0.15) is 38.5 Å². The molecule has 21 heavy (non-hydrogen) atoms. The molecule has 110 valence electrons. The molecule has 0 bridgehead atoms. The molecule has 0 aromatic heterocycles. The number of nitrogens with zero attached hydrogens (tertiary/aromatic N) is 2. The third-order valence-corrected chi connectivity index (χ3v) is 6.12. The Balaban J connectivity index is 1.93. The molecule has 2 aliphatic heterocycles. The normalized spacial score (nSPS) is 41.9. The van der Waals surface area contributed by atoms with E-state index in [1.165, 1.54) is 0 Å².